The monoisotopic (exact) mass is 333 g/mol. The van der Waals surface area contributed by atoms with Gasteiger partial charge in [0.1, 0.15) is 23.2 Å². The number of imidazole rings is 1. The first-order valence-electron chi connectivity index (χ1n) is 6.68. The van der Waals surface area contributed by atoms with Gasteiger partial charge in [-0.15, -0.1) is 11.8 Å². The molecule has 5 nitrogen and oxygen atoms in total. The maximum atomic E-state index is 14.2. The molecule has 0 radical (unpaired) electrons. The summed E-state index contributed by atoms with van der Waals surface area (Å²) >= 11 is 1.14. The van der Waals surface area contributed by atoms with Crippen molar-refractivity contribution in [1.29, 1.82) is 5.41 Å². The molecule has 2 aromatic heterocycles. The largest absolute Gasteiger partial charge is 0.382 e. The van der Waals surface area contributed by atoms with Crippen molar-refractivity contribution >= 4 is 23.2 Å². The van der Waals surface area contributed by atoms with Gasteiger partial charge in [-0.2, -0.15) is 0 Å². The molecule has 3 rings (SSSR count). The predicted molar refractivity (Wildman–Crippen MR) is 84.9 cm³/mol. The Bertz CT molecular complexity index is 906. The van der Waals surface area contributed by atoms with Gasteiger partial charge < -0.3 is 10.1 Å². The zero-order valence-corrected chi connectivity index (χ0v) is 13.0. The van der Waals surface area contributed by atoms with Gasteiger partial charge in [0.25, 0.3) is 0 Å². The first kappa shape index (κ1) is 15.4. The third-order valence-corrected chi connectivity index (χ3v) is 4.15. The summed E-state index contributed by atoms with van der Waals surface area (Å²) in [6, 6.07) is 2.34. The third-order valence-electron chi connectivity index (χ3n) is 3.40. The first-order valence-corrected chi connectivity index (χ1v) is 7.91. The Kier molecular flexibility index (Phi) is 3.99. The van der Waals surface area contributed by atoms with Gasteiger partial charge >= 0.3 is 0 Å². The molecule has 3 aromatic rings. The fourth-order valence-electron chi connectivity index (χ4n) is 2.29. The van der Waals surface area contributed by atoms with E-state index in [0.717, 1.165) is 11.8 Å². The highest BCUT2D eigenvalue weighted by Gasteiger charge is 2.15. The zero-order chi connectivity index (χ0) is 16.6. The van der Waals surface area contributed by atoms with Gasteiger partial charge in [-0.1, -0.05) is 0 Å². The van der Waals surface area contributed by atoms with Crippen LogP contribution in [0.15, 0.2) is 35.6 Å². The van der Waals surface area contributed by atoms with Gasteiger partial charge in [0.2, 0.25) is 0 Å². The summed E-state index contributed by atoms with van der Waals surface area (Å²) < 4.78 is 29.8. The molecule has 0 aliphatic carbocycles. The molecule has 3 N–H and O–H groups in total. The Morgan fingerprint density at radius 2 is 2.13 bits per heavy atom. The molecule has 0 spiro atoms. The average Bonchev–Trinajstić information content (AvgIpc) is 2.99. The van der Waals surface area contributed by atoms with Gasteiger partial charge in [-0.3, -0.25) is 5.41 Å². The van der Waals surface area contributed by atoms with Crippen LogP contribution in [0.1, 0.15) is 17.0 Å². The number of nitrogens with two attached hydrogens (primary N) is 1. The molecule has 0 saturated heterocycles. The van der Waals surface area contributed by atoms with Crippen LogP contribution in [-0.4, -0.2) is 26.5 Å². The number of fused-ring (bicyclic) bond motifs is 1. The van der Waals surface area contributed by atoms with Crippen molar-refractivity contribution in [1.82, 2.24) is 14.4 Å². The second-order valence-electron chi connectivity index (χ2n) is 4.90. The number of nitrogens with zero attached hydrogens (tertiary/aromatic N) is 3. The van der Waals surface area contributed by atoms with E-state index in [-0.39, 0.29) is 28.4 Å². The molecular formula is C15H13F2N5S. The van der Waals surface area contributed by atoms with Crippen LogP contribution in [0.4, 0.5) is 8.78 Å². The van der Waals surface area contributed by atoms with Crippen molar-refractivity contribution in [3.63, 3.8) is 0 Å². The number of amidine groups is 1. The Morgan fingerprint density at radius 3 is 2.83 bits per heavy atom. The number of halogens is 2. The van der Waals surface area contributed by atoms with Crippen molar-refractivity contribution in [3.05, 3.63) is 59.3 Å². The molecule has 8 heteroatoms. The normalized spacial score (nSPS) is 11.1. The van der Waals surface area contributed by atoms with Crippen LogP contribution in [0.2, 0.25) is 0 Å². The fraction of sp³-hybridized carbons (Fsp3) is 0.133. The maximum Gasteiger partial charge on any atom is 0.158 e. The zero-order valence-electron chi connectivity index (χ0n) is 12.2. The second kappa shape index (κ2) is 5.96. The Labute approximate surface area is 135 Å². The lowest BCUT2D eigenvalue weighted by molar-refractivity contribution is 0.567. The smallest absolute Gasteiger partial charge is 0.158 e. The number of hydrogen-bond donors (Lipinski definition) is 2. The van der Waals surface area contributed by atoms with Crippen LogP contribution in [0, 0.1) is 17.0 Å². The molecule has 1 aromatic carbocycles. The molecule has 0 saturated carbocycles. The summed E-state index contributed by atoms with van der Waals surface area (Å²) in [7, 11) is 0. The molecule has 0 bridgehead atoms. The summed E-state index contributed by atoms with van der Waals surface area (Å²) in [6.45, 7) is 0. The number of nitrogen functional groups attached to an aromatic ring is 1. The number of nitrogens with one attached hydrogen (secondary N) is 1. The Balaban J connectivity index is 2.09. The van der Waals surface area contributed by atoms with Gasteiger partial charge in [0.15, 0.2) is 5.65 Å². The summed E-state index contributed by atoms with van der Waals surface area (Å²) in [5, 5.41) is 7.51. The molecular weight excluding hydrogens is 320 g/mol. The van der Waals surface area contributed by atoms with E-state index in [1.54, 1.807) is 29.2 Å². The highest BCUT2D eigenvalue weighted by molar-refractivity contribution is 7.98. The Morgan fingerprint density at radius 1 is 1.35 bits per heavy atom. The number of rotatable bonds is 4. The molecule has 118 valence electrons. The van der Waals surface area contributed by atoms with Gasteiger partial charge in [-0.25, -0.2) is 18.7 Å². The lowest BCUT2D eigenvalue weighted by Crippen LogP contribution is -2.16. The Hall–Kier alpha value is -2.48. The van der Waals surface area contributed by atoms with E-state index in [0.29, 0.717) is 11.3 Å². The molecule has 0 aliphatic rings. The van der Waals surface area contributed by atoms with E-state index in [4.69, 9.17) is 11.1 Å². The van der Waals surface area contributed by atoms with Crippen molar-refractivity contribution < 1.29 is 8.78 Å². The van der Waals surface area contributed by atoms with E-state index in [1.165, 1.54) is 12.1 Å². The molecule has 0 fully saturated rings. The number of thioether (sulfide) groups is 1. The molecule has 2 heterocycles. The molecule has 0 amide bonds. The van der Waals surface area contributed by atoms with E-state index >= 15 is 0 Å². The van der Waals surface area contributed by atoms with Crippen molar-refractivity contribution in [2.75, 3.05) is 6.26 Å². The summed E-state index contributed by atoms with van der Waals surface area (Å²) in [5.74, 6) is -1.18. The van der Waals surface area contributed by atoms with Crippen LogP contribution in [0.25, 0.3) is 5.65 Å². The van der Waals surface area contributed by atoms with Gasteiger partial charge in [-0.05, 0) is 24.0 Å². The molecule has 0 unspecified atom stereocenters. The van der Waals surface area contributed by atoms with E-state index in [9.17, 15) is 8.78 Å². The van der Waals surface area contributed by atoms with Crippen LogP contribution in [0.3, 0.4) is 0 Å². The maximum absolute atomic E-state index is 14.2. The van der Waals surface area contributed by atoms with Crippen LogP contribution in [0.5, 0.6) is 0 Å². The number of benzene rings is 1. The first-order chi connectivity index (χ1) is 11.0. The SMILES string of the molecule is CSc1cc(F)c(Cc2nc(C(=N)N)cn3ccnc23)cc1F. The lowest BCUT2D eigenvalue weighted by Gasteiger charge is -2.09. The van der Waals surface area contributed by atoms with Crippen LogP contribution in [-0.2, 0) is 6.42 Å². The molecule has 23 heavy (non-hydrogen) atoms. The fourth-order valence-corrected chi connectivity index (χ4v) is 2.76. The highest BCUT2D eigenvalue weighted by Crippen LogP contribution is 2.24. The second-order valence-corrected chi connectivity index (χ2v) is 5.75. The van der Waals surface area contributed by atoms with E-state index in [2.05, 4.69) is 9.97 Å². The van der Waals surface area contributed by atoms with Crippen LogP contribution >= 0.6 is 11.8 Å². The number of hydrogen-bond acceptors (Lipinski definition) is 4. The highest BCUT2D eigenvalue weighted by atomic mass is 32.2. The summed E-state index contributed by atoms with van der Waals surface area (Å²) in [6.07, 6.45) is 6.56. The predicted octanol–water partition coefficient (Wildman–Crippen LogP) is 2.60. The molecule has 0 atom stereocenters. The minimum absolute atomic E-state index is 0.0546. The third kappa shape index (κ3) is 2.89. The lowest BCUT2D eigenvalue weighted by atomic mass is 10.1. The summed E-state index contributed by atoms with van der Waals surface area (Å²) in [5.41, 5.74) is 6.86. The van der Waals surface area contributed by atoms with Crippen molar-refractivity contribution in [3.8, 4) is 0 Å². The van der Waals surface area contributed by atoms with Crippen molar-refractivity contribution in [2.24, 2.45) is 5.73 Å². The quantitative estimate of drug-likeness (QED) is 0.437. The number of aromatic nitrogens is 3. The minimum Gasteiger partial charge on any atom is -0.382 e. The summed E-state index contributed by atoms with van der Waals surface area (Å²) in [4.78, 5) is 8.68. The average molecular weight is 333 g/mol. The van der Waals surface area contributed by atoms with Gasteiger partial charge in [0.05, 0.1) is 5.69 Å². The van der Waals surface area contributed by atoms with Crippen LogP contribution < -0.4 is 5.73 Å². The topological polar surface area (TPSA) is 80.1 Å². The van der Waals surface area contributed by atoms with E-state index < -0.39 is 11.6 Å². The van der Waals surface area contributed by atoms with E-state index in [1.807, 2.05) is 0 Å². The minimum atomic E-state index is -0.504. The molecule has 0 aliphatic heterocycles. The standard InChI is InChI=1S/C15H13F2N5S/c1-23-13-6-9(16)8(4-10(13)17)5-11-15-20-2-3-22(15)7-12(21-11)14(18)19/h2-4,6-7H,5H2,1H3,(H3,18,19). The van der Waals surface area contributed by atoms with Crippen molar-refractivity contribution in [2.45, 2.75) is 11.3 Å². The van der Waals surface area contributed by atoms with Gasteiger partial charge in [0, 0.05) is 29.9 Å².